The molecular weight excluding hydrogens is 376 g/mol. The standard InChI is InChI=1S/C24H30N4O2/c1-3-28-17-20(22-13-21(30-2)6-7-23(22)28)16-27-11-8-19(9-12-27)24(29)26-15-18-5-4-10-25-14-18/h4-7,10,13-14,17,19H,3,8-9,11-12,15-16H2,1-2H3,(H,26,29). The van der Waals surface area contributed by atoms with Crippen LogP contribution in [0.1, 0.15) is 30.9 Å². The number of aromatic nitrogens is 2. The first-order valence-corrected chi connectivity index (χ1v) is 10.7. The van der Waals surface area contributed by atoms with Gasteiger partial charge in [-0.3, -0.25) is 14.7 Å². The minimum absolute atomic E-state index is 0.0926. The van der Waals surface area contributed by atoms with E-state index < -0.39 is 0 Å². The van der Waals surface area contributed by atoms with E-state index in [4.69, 9.17) is 4.74 Å². The van der Waals surface area contributed by atoms with Crippen molar-refractivity contribution in [3.8, 4) is 5.75 Å². The van der Waals surface area contributed by atoms with E-state index in [1.807, 2.05) is 18.2 Å². The second-order valence-electron chi connectivity index (χ2n) is 7.95. The molecule has 6 nitrogen and oxygen atoms in total. The van der Waals surface area contributed by atoms with E-state index in [0.717, 1.165) is 50.3 Å². The molecule has 3 heterocycles. The maximum absolute atomic E-state index is 12.6. The van der Waals surface area contributed by atoms with E-state index in [1.54, 1.807) is 19.5 Å². The van der Waals surface area contributed by atoms with Crippen molar-refractivity contribution in [2.45, 2.75) is 39.4 Å². The Morgan fingerprint density at radius 1 is 1.27 bits per heavy atom. The lowest BCUT2D eigenvalue weighted by Gasteiger charge is -2.31. The molecule has 0 radical (unpaired) electrons. The molecule has 6 heteroatoms. The summed E-state index contributed by atoms with van der Waals surface area (Å²) in [6.07, 6.45) is 7.60. The molecule has 30 heavy (non-hydrogen) atoms. The Kier molecular flexibility index (Phi) is 6.33. The Balaban J connectivity index is 1.35. The first kappa shape index (κ1) is 20.4. The summed E-state index contributed by atoms with van der Waals surface area (Å²) in [6.45, 7) is 6.44. The monoisotopic (exact) mass is 406 g/mol. The second-order valence-corrected chi connectivity index (χ2v) is 7.95. The molecule has 0 spiro atoms. The highest BCUT2D eigenvalue weighted by Crippen LogP contribution is 2.28. The zero-order chi connectivity index (χ0) is 20.9. The van der Waals surface area contributed by atoms with Crippen LogP contribution in [0.15, 0.2) is 48.9 Å². The number of methoxy groups -OCH3 is 1. The number of carbonyl (C=O) groups is 1. The van der Waals surface area contributed by atoms with Gasteiger partial charge in [-0.2, -0.15) is 0 Å². The zero-order valence-electron chi connectivity index (χ0n) is 17.8. The highest BCUT2D eigenvalue weighted by atomic mass is 16.5. The molecule has 1 N–H and O–H groups in total. The number of pyridine rings is 1. The van der Waals surface area contributed by atoms with Crippen molar-refractivity contribution in [3.63, 3.8) is 0 Å². The van der Waals surface area contributed by atoms with Gasteiger partial charge >= 0.3 is 0 Å². The van der Waals surface area contributed by atoms with Crippen LogP contribution in [0, 0.1) is 5.92 Å². The summed E-state index contributed by atoms with van der Waals surface area (Å²) in [5, 5.41) is 4.32. The van der Waals surface area contributed by atoms with E-state index in [1.165, 1.54) is 16.5 Å². The Morgan fingerprint density at radius 2 is 2.10 bits per heavy atom. The Labute approximate surface area is 177 Å². The number of hydrogen-bond acceptors (Lipinski definition) is 4. The van der Waals surface area contributed by atoms with Gasteiger partial charge in [0.15, 0.2) is 0 Å². The van der Waals surface area contributed by atoms with Gasteiger partial charge in [-0.15, -0.1) is 0 Å². The van der Waals surface area contributed by atoms with Gasteiger partial charge in [-0.1, -0.05) is 6.07 Å². The van der Waals surface area contributed by atoms with E-state index >= 15 is 0 Å². The van der Waals surface area contributed by atoms with Crippen molar-refractivity contribution < 1.29 is 9.53 Å². The van der Waals surface area contributed by atoms with Crippen molar-refractivity contribution >= 4 is 16.8 Å². The molecule has 4 rings (SSSR count). The number of carbonyl (C=O) groups excluding carboxylic acids is 1. The first-order chi connectivity index (χ1) is 14.7. The highest BCUT2D eigenvalue weighted by Gasteiger charge is 2.25. The minimum Gasteiger partial charge on any atom is -0.497 e. The molecule has 0 saturated carbocycles. The van der Waals surface area contributed by atoms with Crippen molar-refractivity contribution in [2.75, 3.05) is 20.2 Å². The van der Waals surface area contributed by atoms with Crippen LogP contribution in [0.3, 0.4) is 0 Å². The van der Waals surface area contributed by atoms with Crippen LogP contribution in [0.2, 0.25) is 0 Å². The number of hydrogen-bond donors (Lipinski definition) is 1. The Bertz CT molecular complexity index is 991. The van der Waals surface area contributed by atoms with E-state index in [9.17, 15) is 4.79 Å². The fraction of sp³-hybridized carbons (Fsp3) is 0.417. The maximum atomic E-state index is 12.6. The quantitative estimate of drug-likeness (QED) is 0.651. The van der Waals surface area contributed by atoms with Gasteiger partial charge in [-0.25, -0.2) is 0 Å². The topological polar surface area (TPSA) is 59.4 Å². The van der Waals surface area contributed by atoms with Crippen LogP contribution >= 0.6 is 0 Å². The number of rotatable bonds is 7. The summed E-state index contributed by atoms with van der Waals surface area (Å²) in [5.74, 6) is 1.14. The average Bonchev–Trinajstić information content (AvgIpc) is 3.15. The second kappa shape index (κ2) is 9.30. The molecule has 1 aromatic carbocycles. The summed E-state index contributed by atoms with van der Waals surface area (Å²) >= 11 is 0. The van der Waals surface area contributed by atoms with Crippen LogP contribution in [0.25, 0.3) is 10.9 Å². The molecular formula is C24H30N4O2. The number of likely N-dealkylation sites (tertiary alicyclic amines) is 1. The normalized spacial score (nSPS) is 15.4. The Morgan fingerprint density at radius 3 is 2.80 bits per heavy atom. The molecule has 1 aliphatic rings. The van der Waals surface area contributed by atoms with E-state index in [0.29, 0.717) is 6.54 Å². The number of fused-ring (bicyclic) bond motifs is 1. The van der Waals surface area contributed by atoms with Gasteiger partial charge in [0.2, 0.25) is 5.91 Å². The molecule has 2 aromatic heterocycles. The van der Waals surface area contributed by atoms with Crippen LogP contribution in [0.5, 0.6) is 5.75 Å². The minimum atomic E-state index is 0.0926. The highest BCUT2D eigenvalue weighted by molar-refractivity contribution is 5.85. The Hall–Kier alpha value is -2.86. The molecule has 1 saturated heterocycles. The lowest BCUT2D eigenvalue weighted by molar-refractivity contribution is -0.126. The smallest absolute Gasteiger partial charge is 0.223 e. The lowest BCUT2D eigenvalue weighted by atomic mass is 9.95. The number of amides is 1. The van der Waals surface area contributed by atoms with Gasteiger partial charge in [0.25, 0.3) is 0 Å². The van der Waals surface area contributed by atoms with Gasteiger partial charge < -0.3 is 14.6 Å². The number of piperidine rings is 1. The fourth-order valence-corrected chi connectivity index (χ4v) is 4.29. The van der Waals surface area contributed by atoms with Gasteiger partial charge in [0.1, 0.15) is 5.75 Å². The third kappa shape index (κ3) is 4.49. The van der Waals surface area contributed by atoms with Crippen LogP contribution in [-0.2, 0) is 24.4 Å². The van der Waals surface area contributed by atoms with Crippen LogP contribution in [-0.4, -0.2) is 40.6 Å². The molecule has 0 atom stereocenters. The largest absolute Gasteiger partial charge is 0.497 e. The van der Waals surface area contributed by atoms with E-state index in [-0.39, 0.29) is 11.8 Å². The van der Waals surface area contributed by atoms with Crippen molar-refractivity contribution in [1.82, 2.24) is 19.8 Å². The zero-order valence-corrected chi connectivity index (χ0v) is 17.8. The van der Waals surface area contributed by atoms with Crippen LogP contribution in [0.4, 0.5) is 0 Å². The first-order valence-electron chi connectivity index (χ1n) is 10.7. The van der Waals surface area contributed by atoms with Crippen molar-refractivity contribution in [2.24, 2.45) is 5.92 Å². The third-order valence-electron chi connectivity index (χ3n) is 6.05. The summed E-state index contributed by atoms with van der Waals surface area (Å²) < 4.78 is 7.73. The van der Waals surface area contributed by atoms with Crippen LogP contribution < -0.4 is 10.1 Å². The molecule has 158 valence electrons. The van der Waals surface area contributed by atoms with Gasteiger partial charge in [0.05, 0.1) is 7.11 Å². The summed E-state index contributed by atoms with van der Waals surface area (Å²) in [6, 6.07) is 10.2. The summed E-state index contributed by atoms with van der Waals surface area (Å²) in [7, 11) is 1.71. The maximum Gasteiger partial charge on any atom is 0.223 e. The predicted molar refractivity (Wildman–Crippen MR) is 118 cm³/mol. The summed E-state index contributed by atoms with van der Waals surface area (Å²) in [4.78, 5) is 19.1. The molecule has 3 aromatic rings. The van der Waals surface area contributed by atoms with Gasteiger partial charge in [0, 0.05) is 55.0 Å². The van der Waals surface area contributed by atoms with Crippen molar-refractivity contribution in [1.29, 1.82) is 0 Å². The van der Waals surface area contributed by atoms with Crippen molar-refractivity contribution in [3.05, 3.63) is 60.0 Å². The molecule has 0 bridgehead atoms. The number of benzene rings is 1. The van der Waals surface area contributed by atoms with E-state index in [2.05, 4.69) is 45.0 Å². The SMILES string of the molecule is CCn1cc(CN2CCC(C(=O)NCc3cccnc3)CC2)c2cc(OC)ccc21. The molecule has 0 aliphatic carbocycles. The average molecular weight is 407 g/mol. The number of nitrogens with one attached hydrogen (secondary N) is 1. The van der Waals surface area contributed by atoms with Gasteiger partial charge in [-0.05, 0) is 68.2 Å². The number of ether oxygens (including phenoxy) is 1. The summed E-state index contributed by atoms with van der Waals surface area (Å²) in [5.41, 5.74) is 3.61. The lowest BCUT2D eigenvalue weighted by Crippen LogP contribution is -2.40. The molecule has 0 unspecified atom stereocenters. The molecule has 1 fully saturated rings. The number of aryl methyl sites for hydroxylation is 1. The predicted octanol–water partition coefficient (Wildman–Crippen LogP) is 3.59. The molecule has 1 aliphatic heterocycles. The third-order valence-corrected chi connectivity index (χ3v) is 6.05. The molecule has 1 amide bonds. The fourth-order valence-electron chi connectivity index (χ4n) is 4.29. The number of nitrogens with zero attached hydrogens (tertiary/aromatic N) is 3.